The molecule has 0 spiro atoms. The predicted octanol–water partition coefficient (Wildman–Crippen LogP) is 12.3. The van der Waals surface area contributed by atoms with Gasteiger partial charge in [-0.1, -0.05) is 24.3 Å². The van der Waals surface area contributed by atoms with Crippen molar-refractivity contribution >= 4 is 43.6 Å². The van der Waals surface area contributed by atoms with Gasteiger partial charge in [-0.05, 0) is 156 Å². The number of nitrogens with zero attached hydrogens (tertiary/aromatic N) is 5. The van der Waals surface area contributed by atoms with Gasteiger partial charge >= 0.3 is 0 Å². The summed E-state index contributed by atoms with van der Waals surface area (Å²) >= 11 is 0. The first-order valence-electron chi connectivity index (χ1n) is 18.8. The minimum Gasteiger partial charge on any atom is -0.457 e. The first-order valence-corrected chi connectivity index (χ1v) is 18.8. The van der Waals surface area contributed by atoms with Crippen LogP contribution in [0.3, 0.4) is 0 Å². The summed E-state index contributed by atoms with van der Waals surface area (Å²) in [5.41, 5.74) is 19.6. The molecule has 0 saturated carbocycles. The third-order valence-electron chi connectivity index (χ3n) is 12.2. The molecule has 4 heterocycles. The minimum absolute atomic E-state index is 0.751. The maximum Gasteiger partial charge on any atom is 0.139 e. The molecule has 0 aliphatic heterocycles. The Morgan fingerprint density at radius 3 is 1.78 bits per heavy atom. The van der Waals surface area contributed by atoms with E-state index in [1.165, 1.54) is 71.7 Å². The van der Waals surface area contributed by atoms with E-state index in [9.17, 15) is 0 Å². The van der Waals surface area contributed by atoms with Gasteiger partial charge in [0.1, 0.15) is 17.3 Å². The van der Waals surface area contributed by atoms with Crippen LogP contribution in [0.5, 0.6) is 11.5 Å². The van der Waals surface area contributed by atoms with E-state index < -0.39 is 0 Å². The molecule has 0 aliphatic carbocycles. The SMILES string of the molecule is Cc1cc(C)n(-c2cccc(Oc3ccc4c5ccccc5n(-c5cc(-n6c7c(C)c(C)c(C)c(C)c7c7c(C)c(C)c(C)c(C)c76)ccn5)c4c3)c2)n1. The monoisotopic (exact) mass is 707 g/mol. The molecule has 0 bridgehead atoms. The van der Waals surface area contributed by atoms with E-state index in [1.54, 1.807) is 0 Å². The summed E-state index contributed by atoms with van der Waals surface area (Å²) in [5, 5.41) is 9.71. The number of rotatable bonds is 5. The van der Waals surface area contributed by atoms with E-state index in [2.05, 4.69) is 143 Å². The first kappa shape index (κ1) is 33.7. The molecule has 5 aromatic carbocycles. The van der Waals surface area contributed by atoms with Crippen molar-refractivity contribution in [2.45, 2.75) is 69.2 Å². The molecular weight excluding hydrogens is 663 g/mol. The van der Waals surface area contributed by atoms with E-state index in [1.807, 2.05) is 36.0 Å². The maximum absolute atomic E-state index is 6.57. The van der Waals surface area contributed by atoms with Crippen LogP contribution in [-0.2, 0) is 0 Å². The summed E-state index contributed by atoms with van der Waals surface area (Å²) in [5.74, 6) is 2.36. The Labute approximate surface area is 316 Å². The Hall–Kier alpha value is -6.14. The smallest absolute Gasteiger partial charge is 0.139 e. The number of hydrogen-bond acceptors (Lipinski definition) is 3. The zero-order valence-corrected chi connectivity index (χ0v) is 32.8. The Balaban J connectivity index is 1.26. The topological polar surface area (TPSA) is 49.8 Å². The molecule has 0 N–H and O–H groups in total. The molecule has 0 radical (unpaired) electrons. The molecule has 6 nitrogen and oxygen atoms in total. The van der Waals surface area contributed by atoms with Crippen LogP contribution in [-0.4, -0.2) is 23.9 Å². The number of pyridine rings is 1. The van der Waals surface area contributed by atoms with Gasteiger partial charge in [0.2, 0.25) is 0 Å². The molecule has 9 rings (SSSR count). The van der Waals surface area contributed by atoms with Gasteiger partial charge in [0.15, 0.2) is 0 Å². The lowest BCUT2D eigenvalue weighted by atomic mass is 9.90. The van der Waals surface area contributed by atoms with Crippen molar-refractivity contribution in [2.24, 2.45) is 0 Å². The second-order valence-electron chi connectivity index (χ2n) is 15.1. The van der Waals surface area contributed by atoms with Crippen LogP contribution < -0.4 is 4.74 Å². The van der Waals surface area contributed by atoms with Crippen molar-refractivity contribution in [3.05, 3.63) is 147 Å². The van der Waals surface area contributed by atoms with Crippen molar-refractivity contribution in [3.8, 4) is 28.7 Å². The summed E-state index contributed by atoms with van der Waals surface area (Å²) in [6, 6.07) is 29.5. The lowest BCUT2D eigenvalue weighted by molar-refractivity contribution is 0.482. The molecular formula is C48H45N5O. The Bertz CT molecular complexity index is 2950. The largest absolute Gasteiger partial charge is 0.457 e. The molecule has 0 aliphatic rings. The zero-order chi connectivity index (χ0) is 37.7. The van der Waals surface area contributed by atoms with E-state index in [0.29, 0.717) is 0 Å². The summed E-state index contributed by atoms with van der Waals surface area (Å²) in [6.07, 6.45) is 1.96. The van der Waals surface area contributed by atoms with E-state index >= 15 is 0 Å². The second-order valence-corrected chi connectivity index (χ2v) is 15.1. The normalized spacial score (nSPS) is 11.9. The predicted molar refractivity (Wildman–Crippen MR) is 224 cm³/mol. The quantitative estimate of drug-likeness (QED) is 0.179. The third-order valence-corrected chi connectivity index (χ3v) is 12.2. The molecule has 9 aromatic rings. The molecule has 0 amide bonds. The standard InChI is InChI=1S/C48H45N5O/c1-26-22-27(2)53(50-26)37-14-13-15-38(23-37)54-39-18-19-41-40-16-11-12-17-42(40)52(43(41)25-39)44-24-36(20-21-49-44)51-47-34(9)30(5)28(3)32(7)45(47)46-33(8)29(4)31(6)35(10)48(46)51/h11-25H,1-10H3. The van der Waals surface area contributed by atoms with Crippen LogP contribution in [0.1, 0.15) is 55.9 Å². The molecule has 268 valence electrons. The van der Waals surface area contributed by atoms with Crippen LogP contribution in [0.2, 0.25) is 0 Å². The molecule has 0 unspecified atom stereocenters. The van der Waals surface area contributed by atoms with Crippen LogP contribution in [0.25, 0.3) is 60.8 Å². The van der Waals surface area contributed by atoms with Crippen LogP contribution in [0.4, 0.5) is 0 Å². The minimum atomic E-state index is 0.751. The van der Waals surface area contributed by atoms with Gasteiger partial charge in [-0.2, -0.15) is 5.10 Å². The highest BCUT2D eigenvalue weighted by molar-refractivity contribution is 6.15. The van der Waals surface area contributed by atoms with Crippen LogP contribution >= 0.6 is 0 Å². The number of benzene rings is 5. The Morgan fingerprint density at radius 2 is 1.11 bits per heavy atom. The molecule has 54 heavy (non-hydrogen) atoms. The Kier molecular flexibility index (Phi) is 7.61. The van der Waals surface area contributed by atoms with Crippen molar-refractivity contribution in [3.63, 3.8) is 0 Å². The van der Waals surface area contributed by atoms with Gasteiger partial charge in [0.05, 0.1) is 39.1 Å². The Morgan fingerprint density at radius 1 is 0.481 bits per heavy atom. The van der Waals surface area contributed by atoms with Crippen molar-refractivity contribution in [1.82, 2.24) is 23.9 Å². The number of fused-ring (bicyclic) bond motifs is 6. The second kappa shape index (κ2) is 12.2. The van der Waals surface area contributed by atoms with Gasteiger partial charge < -0.3 is 9.30 Å². The van der Waals surface area contributed by atoms with Gasteiger partial charge in [-0.3, -0.25) is 4.57 Å². The van der Waals surface area contributed by atoms with E-state index in [4.69, 9.17) is 9.72 Å². The molecule has 0 atom stereocenters. The van der Waals surface area contributed by atoms with E-state index in [-0.39, 0.29) is 0 Å². The number of aryl methyl sites for hydroxylation is 6. The number of hydrogen-bond donors (Lipinski definition) is 0. The van der Waals surface area contributed by atoms with Crippen molar-refractivity contribution < 1.29 is 4.74 Å². The van der Waals surface area contributed by atoms with Crippen LogP contribution in [0, 0.1) is 69.2 Å². The fraction of sp³-hybridized carbons (Fsp3) is 0.208. The summed E-state index contributed by atoms with van der Waals surface area (Å²) in [4.78, 5) is 5.06. The van der Waals surface area contributed by atoms with Gasteiger partial charge in [0.25, 0.3) is 0 Å². The highest BCUT2D eigenvalue weighted by Crippen LogP contribution is 2.44. The fourth-order valence-corrected chi connectivity index (χ4v) is 8.76. The van der Waals surface area contributed by atoms with Crippen LogP contribution in [0.15, 0.2) is 91.1 Å². The third kappa shape index (κ3) is 4.86. The number of ether oxygens (including phenoxy) is 1. The van der Waals surface area contributed by atoms with Gasteiger partial charge in [0, 0.05) is 51.6 Å². The van der Waals surface area contributed by atoms with Crippen molar-refractivity contribution in [1.29, 1.82) is 0 Å². The highest BCUT2D eigenvalue weighted by atomic mass is 16.5. The molecule has 4 aromatic heterocycles. The molecule has 0 fully saturated rings. The first-order chi connectivity index (χ1) is 25.9. The van der Waals surface area contributed by atoms with Crippen molar-refractivity contribution in [2.75, 3.05) is 0 Å². The number of para-hydroxylation sites is 1. The molecule has 6 heteroatoms. The highest BCUT2D eigenvalue weighted by Gasteiger charge is 2.25. The molecule has 0 saturated heterocycles. The van der Waals surface area contributed by atoms with Gasteiger partial charge in [-0.15, -0.1) is 0 Å². The zero-order valence-electron chi connectivity index (χ0n) is 32.8. The maximum atomic E-state index is 6.57. The van der Waals surface area contributed by atoms with E-state index in [0.717, 1.165) is 56.5 Å². The summed E-state index contributed by atoms with van der Waals surface area (Å²) < 4.78 is 13.3. The fourth-order valence-electron chi connectivity index (χ4n) is 8.76. The lowest BCUT2D eigenvalue weighted by Gasteiger charge is -2.17. The average Bonchev–Trinajstić information content (AvgIpc) is 3.83. The average molecular weight is 708 g/mol. The lowest BCUT2D eigenvalue weighted by Crippen LogP contribution is -2.04. The summed E-state index contributed by atoms with van der Waals surface area (Å²) in [7, 11) is 0. The van der Waals surface area contributed by atoms with Gasteiger partial charge in [-0.25, -0.2) is 9.67 Å². The number of aromatic nitrogens is 5. The summed E-state index contributed by atoms with van der Waals surface area (Å²) in [6.45, 7) is 22.3.